The first-order valence-electron chi connectivity index (χ1n) is 6.29. The number of hydrogen-bond acceptors (Lipinski definition) is 4. The van der Waals surface area contributed by atoms with Crippen molar-refractivity contribution in [3.8, 4) is 0 Å². The quantitative estimate of drug-likeness (QED) is 0.622. The molecule has 5 nitrogen and oxygen atoms in total. The molecule has 0 N–H and O–H groups in total. The van der Waals surface area contributed by atoms with E-state index < -0.39 is 10.7 Å². The van der Waals surface area contributed by atoms with Gasteiger partial charge in [0.1, 0.15) is 5.82 Å². The molecule has 1 saturated heterocycles. The van der Waals surface area contributed by atoms with E-state index in [0.29, 0.717) is 18.2 Å². The SMILES string of the molecule is COCC1CCCN(c2cc(F)cc([N+](=O)[O-])c2)C1. The molecule has 1 aliphatic heterocycles. The third-order valence-corrected chi connectivity index (χ3v) is 3.36. The molecular formula is C13H17FN2O3. The predicted molar refractivity (Wildman–Crippen MR) is 69.9 cm³/mol. The molecule has 1 atom stereocenters. The number of benzene rings is 1. The average molecular weight is 268 g/mol. The maximum atomic E-state index is 13.4. The van der Waals surface area contributed by atoms with Crippen molar-refractivity contribution in [3.63, 3.8) is 0 Å². The summed E-state index contributed by atoms with van der Waals surface area (Å²) >= 11 is 0. The van der Waals surface area contributed by atoms with Crippen LogP contribution in [0, 0.1) is 21.8 Å². The van der Waals surface area contributed by atoms with Gasteiger partial charge in [0.05, 0.1) is 17.6 Å². The number of ether oxygens (including phenoxy) is 1. The van der Waals surface area contributed by atoms with Crippen LogP contribution in [0.1, 0.15) is 12.8 Å². The molecule has 1 aliphatic rings. The second kappa shape index (κ2) is 5.97. The van der Waals surface area contributed by atoms with E-state index in [1.54, 1.807) is 7.11 Å². The normalized spacial score (nSPS) is 19.5. The highest BCUT2D eigenvalue weighted by molar-refractivity contribution is 5.54. The Balaban J connectivity index is 2.18. The molecule has 2 rings (SSSR count). The molecule has 6 heteroatoms. The summed E-state index contributed by atoms with van der Waals surface area (Å²) in [5, 5.41) is 10.8. The molecule has 0 saturated carbocycles. The Morgan fingerprint density at radius 2 is 2.32 bits per heavy atom. The smallest absolute Gasteiger partial charge is 0.274 e. The zero-order valence-electron chi connectivity index (χ0n) is 10.8. The molecule has 0 amide bonds. The number of rotatable bonds is 4. The van der Waals surface area contributed by atoms with Gasteiger partial charge >= 0.3 is 0 Å². The van der Waals surface area contributed by atoms with Crippen LogP contribution in [-0.2, 0) is 4.74 Å². The topological polar surface area (TPSA) is 55.6 Å². The minimum absolute atomic E-state index is 0.205. The molecule has 1 heterocycles. The number of non-ortho nitro benzene ring substituents is 1. The van der Waals surface area contributed by atoms with Gasteiger partial charge in [-0.1, -0.05) is 0 Å². The van der Waals surface area contributed by atoms with Crippen LogP contribution in [0.15, 0.2) is 18.2 Å². The van der Waals surface area contributed by atoms with Crippen molar-refractivity contribution in [1.82, 2.24) is 0 Å². The van der Waals surface area contributed by atoms with Gasteiger partial charge in [-0.05, 0) is 24.8 Å². The number of hydrogen-bond donors (Lipinski definition) is 0. The summed E-state index contributed by atoms with van der Waals surface area (Å²) in [7, 11) is 1.66. The molecule has 1 aromatic carbocycles. The van der Waals surface area contributed by atoms with Crippen LogP contribution in [0.5, 0.6) is 0 Å². The molecule has 0 aliphatic carbocycles. The lowest BCUT2D eigenvalue weighted by atomic mass is 9.98. The number of nitrogens with zero attached hydrogens (tertiary/aromatic N) is 2. The minimum atomic E-state index is -0.571. The summed E-state index contributed by atoms with van der Waals surface area (Å²) < 4.78 is 18.6. The third kappa shape index (κ3) is 3.41. The Kier molecular flexibility index (Phi) is 4.31. The fourth-order valence-electron chi connectivity index (χ4n) is 2.52. The first-order chi connectivity index (χ1) is 9.10. The van der Waals surface area contributed by atoms with E-state index >= 15 is 0 Å². The zero-order chi connectivity index (χ0) is 13.8. The first kappa shape index (κ1) is 13.7. The van der Waals surface area contributed by atoms with E-state index in [4.69, 9.17) is 4.74 Å². The van der Waals surface area contributed by atoms with Gasteiger partial charge in [0.2, 0.25) is 0 Å². The van der Waals surface area contributed by atoms with Crippen molar-refractivity contribution in [2.45, 2.75) is 12.8 Å². The molecule has 0 bridgehead atoms. The van der Waals surface area contributed by atoms with Gasteiger partial charge in [0.15, 0.2) is 0 Å². The Hall–Kier alpha value is -1.69. The molecule has 0 spiro atoms. The molecule has 1 aromatic rings. The summed E-state index contributed by atoms with van der Waals surface area (Å²) in [4.78, 5) is 12.2. The number of nitro groups is 1. The molecule has 0 radical (unpaired) electrons. The number of methoxy groups -OCH3 is 1. The number of halogens is 1. The highest BCUT2D eigenvalue weighted by atomic mass is 19.1. The predicted octanol–water partition coefficient (Wildman–Crippen LogP) is 2.60. The first-order valence-corrected chi connectivity index (χ1v) is 6.29. The Morgan fingerprint density at radius 3 is 3.00 bits per heavy atom. The Morgan fingerprint density at radius 1 is 1.53 bits per heavy atom. The maximum Gasteiger partial charge on any atom is 0.274 e. The molecule has 19 heavy (non-hydrogen) atoms. The van der Waals surface area contributed by atoms with Crippen LogP contribution >= 0.6 is 0 Å². The van der Waals surface area contributed by atoms with Gasteiger partial charge in [0.25, 0.3) is 5.69 Å². The molecule has 104 valence electrons. The number of piperidine rings is 1. The minimum Gasteiger partial charge on any atom is -0.384 e. The van der Waals surface area contributed by atoms with E-state index in [-0.39, 0.29) is 5.69 Å². The number of nitro benzene ring substituents is 1. The van der Waals surface area contributed by atoms with Crippen LogP contribution in [0.4, 0.5) is 15.8 Å². The monoisotopic (exact) mass is 268 g/mol. The lowest BCUT2D eigenvalue weighted by Crippen LogP contribution is -2.37. The lowest BCUT2D eigenvalue weighted by Gasteiger charge is -2.34. The summed E-state index contributed by atoms with van der Waals surface area (Å²) in [6.45, 7) is 2.20. The van der Waals surface area contributed by atoms with Crippen LogP contribution in [-0.4, -0.2) is 31.7 Å². The van der Waals surface area contributed by atoms with E-state index in [9.17, 15) is 14.5 Å². The largest absolute Gasteiger partial charge is 0.384 e. The van der Waals surface area contributed by atoms with E-state index in [0.717, 1.165) is 32.0 Å². The van der Waals surface area contributed by atoms with Crippen LogP contribution in [0.3, 0.4) is 0 Å². The van der Waals surface area contributed by atoms with Crippen molar-refractivity contribution < 1.29 is 14.1 Å². The van der Waals surface area contributed by atoms with Crippen molar-refractivity contribution >= 4 is 11.4 Å². The summed E-state index contributed by atoms with van der Waals surface area (Å²) in [5.41, 5.74) is 0.372. The van der Waals surface area contributed by atoms with Gasteiger partial charge in [-0.15, -0.1) is 0 Å². The number of anilines is 1. The fourth-order valence-corrected chi connectivity index (χ4v) is 2.52. The van der Waals surface area contributed by atoms with Gasteiger partial charge in [-0.25, -0.2) is 4.39 Å². The van der Waals surface area contributed by atoms with E-state index in [2.05, 4.69) is 0 Å². The third-order valence-electron chi connectivity index (χ3n) is 3.36. The average Bonchev–Trinajstić information content (AvgIpc) is 2.38. The van der Waals surface area contributed by atoms with E-state index in [1.807, 2.05) is 4.90 Å². The second-order valence-electron chi connectivity index (χ2n) is 4.83. The Labute approximate surface area is 111 Å². The second-order valence-corrected chi connectivity index (χ2v) is 4.83. The molecule has 0 aromatic heterocycles. The lowest BCUT2D eigenvalue weighted by molar-refractivity contribution is -0.385. The molecule has 1 unspecified atom stereocenters. The maximum absolute atomic E-state index is 13.4. The van der Waals surface area contributed by atoms with Crippen LogP contribution in [0.25, 0.3) is 0 Å². The van der Waals surface area contributed by atoms with Gasteiger partial charge < -0.3 is 9.64 Å². The van der Waals surface area contributed by atoms with Crippen molar-refractivity contribution in [3.05, 3.63) is 34.1 Å². The van der Waals surface area contributed by atoms with Gasteiger partial charge in [-0.3, -0.25) is 10.1 Å². The Bertz CT molecular complexity index is 465. The van der Waals surface area contributed by atoms with Crippen molar-refractivity contribution in [1.29, 1.82) is 0 Å². The zero-order valence-corrected chi connectivity index (χ0v) is 10.8. The fraction of sp³-hybridized carbons (Fsp3) is 0.538. The summed E-state index contributed by atoms with van der Waals surface area (Å²) in [6.07, 6.45) is 2.06. The van der Waals surface area contributed by atoms with Gasteiger partial charge in [-0.2, -0.15) is 0 Å². The van der Waals surface area contributed by atoms with E-state index in [1.165, 1.54) is 12.1 Å². The van der Waals surface area contributed by atoms with Crippen LogP contribution in [0.2, 0.25) is 0 Å². The van der Waals surface area contributed by atoms with Gasteiger partial charge in [0, 0.05) is 32.0 Å². The van der Waals surface area contributed by atoms with Crippen molar-refractivity contribution in [2.24, 2.45) is 5.92 Å². The highest BCUT2D eigenvalue weighted by Gasteiger charge is 2.22. The van der Waals surface area contributed by atoms with Crippen molar-refractivity contribution in [2.75, 3.05) is 31.7 Å². The standard InChI is InChI=1S/C13H17FN2O3/c1-19-9-10-3-2-4-15(8-10)12-5-11(14)6-13(7-12)16(17)18/h5-7,10H,2-4,8-9H2,1H3. The summed E-state index contributed by atoms with van der Waals surface area (Å²) in [5.74, 6) is -0.181. The molecular weight excluding hydrogens is 251 g/mol. The highest BCUT2D eigenvalue weighted by Crippen LogP contribution is 2.27. The molecule has 1 fully saturated rings. The summed E-state index contributed by atoms with van der Waals surface area (Å²) in [6, 6.07) is 3.72. The van der Waals surface area contributed by atoms with Crippen LogP contribution < -0.4 is 4.90 Å².